The summed E-state index contributed by atoms with van der Waals surface area (Å²) in [7, 11) is 1.15. The number of carbonyl (C=O) groups excluding carboxylic acids is 5. The molecular weight excluding hydrogens is 776 g/mol. The number of Topliss-reactive ketones (excluding diaryl/α,β-unsaturated/α-hetero) is 1. The van der Waals surface area contributed by atoms with Crippen LogP contribution in [-0.4, -0.2) is 137 Å². The van der Waals surface area contributed by atoms with Crippen molar-refractivity contribution in [3.8, 4) is 5.75 Å². The summed E-state index contributed by atoms with van der Waals surface area (Å²) in [5.74, 6) is -1.74. The lowest BCUT2D eigenvalue weighted by Crippen LogP contribution is -2.67. The van der Waals surface area contributed by atoms with Gasteiger partial charge < -0.3 is 59.5 Å². The molecule has 6 N–H and O–H groups in total. The number of hydrogen-bond donors (Lipinski definition) is 6. The highest BCUT2D eigenvalue weighted by atomic mass is 16.7. The van der Waals surface area contributed by atoms with Crippen LogP contribution in [0.15, 0.2) is 18.2 Å². The van der Waals surface area contributed by atoms with E-state index in [1.54, 1.807) is 13.0 Å². The molecule has 14 atom stereocenters. The fourth-order valence-electron chi connectivity index (χ4n) is 9.89. The number of carboxylic acid groups (broad SMARTS) is 1. The Balaban J connectivity index is 0.932. The number of nitrogens with one attached hydrogen (secondary N) is 2. The normalized spacial score (nSPS) is 36.3. The molecule has 59 heavy (non-hydrogen) atoms. The van der Waals surface area contributed by atoms with Crippen LogP contribution in [0.4, 0.5) is 0 Å². The van der Waals surface area contributed by atoms with Crippen LogP contribution in [0.3, 0.4) is 0 Å². The number of benzene rings is 1. The van der Waals surface area contributed by atoms with E-state index in [0.717, 1.165) is 44.8 Å². The Bertz CT molecular complexity index is 1760. The number of aliphatic carboxylic acids is 1. The van der Waals surface area contributed by atoms with Crippen molar-refractivity contribution in [1.29, 1.82) is 0 Å². The van der Waals surface area contributed by atoms with Crippen LogP contribution in [0, 0.1) is 17.3 Å². The minimum atomic E-state index is -1.85. The van der Waals surface area contributed by atoms with Crippen LogP contribution in [-0.2, 0) is 58.9 Å². The number of fused-ring (bicyclic) bond motifs is 5. The third-order valence-corrected chi connectivity index (χ3v) is 12.9. The second kappa shape index (κ2) is 18.7. The predicted molar refractivity (Wildman–Crippen MR) is 201 cm³/mol. The van der Waals surface area contributed by atoms with E-state index in [4.69, 9.17) is 28.4 Å². The van der Waals surface area contributed by atoms with Gasteiger partial charge in [-0.25, -0.2) is 4.79 Å². The Labute approximate surface area is 341 Å². The van der Waals surface area contributed by atoms with Gasteiger partial charge in [0, 0.05) is 38.8 Å². The van der Waals surface area contributed by atoms with Crippen molar-refractivity contribution >= 4 is 35.5 Å². The molecule has 10 unspecified atom stereocenters. The number of carbonyl (C=O) groups is 6. The van der Waals surface area contributed by atoms with Gasteiger partial charge in [-0.3, -0.25) is 24.0 Å². The summed E-state index contributed by atoms with van der Waals surface area (Å²) in [6.07, 6.45) is -8.73. The Morgan fingerprint density at radius 3 is 2.41 bits per heavy atom. The summed E-state index contributed by atoms with van der Waals surface area (Å²) in [5.41, 5.74) is 2.24. The quantitative estimate of drug-likeness (QED) is 0.110. The fraction of sp³-hybridized carbons (Fsp3) is 0.707. The molecule has 3 aliphatic carbocycles. The van der Waals surface area contributed by atoms with E-state index in [1.807, 2.05) is 12.1 Å². The fourth-order valence-corrected chi connectivity index (χ4v) is 9.89. The summed E-state index contributed by atoms with van der Waals surface area (Å²) in [6, 6.07) is 4.70. The van der Waals surface area contributed by atoms with E-state index in [2.05, 4.69) is 17.6 Å². The molecule has 0 radical (unpaired) electrons. The van der Waals surface area contributed by atoms with Crippen LogP contribution in [0.1, 0.15) is 89.2 Å². The number of ether oxygens (including phenoxy) is 6. The third-order valence-electron chi connectivity index (χ3n) is 12.9. The Morgan fingerprint density at radius 2 is 1.69 bits per heavy atom. The Morgan fingerprint density at radius 1 is 0.932 bits per heavy atom. The van der Waals surface area contributed by atoms with Crippen LogP contribution >= 0.6 is 0 Å². The zero-order valence-electron chi connectivity index (χ0n) is 33.7. The third kappa shape index (κ3) is 9.64. The maximum absolute atomic E-state index is 12.6. The summed E-state index contributed by atoms with van der Waals surface area (Å²) >= 11 is 0. The Kier molecular flexibility index (Phi) is 14.1. The molecular formula is C41H56N2O16. The van der Waals surface area contributed by atoms with Gasteiger partial charge in [0.1, 0.15) is 54.8 Å². The first-order valence-corrected chi connectivity index (χ1v) is 20.3. The van der Waals surface area contributed by atoms with Gasteiger partial charge in [-0.15, -0.1) is 0 Å². The predicted octanol–water partition coefficient (Wildman–Crippen LogP) is 0.431. The molecule has 6 rings (SSSR count). The molecule has 0 aromatic heterocycles. The van der Waals surface area contributed by atoms with E-state index in [0.29, 0.717) is 35.7 Å². The molecule has 18 nitrogen and oxygen atoms in total. The Hall–Kier alpha value is -4.04. The monoisotopic (exact) mass is 832 g/mol. The van der Waals surface area contributed by atoms with Crippen molar-refractivity contribution in [2.24, 2.45) is 17.3 Å². The van der Waals surface area contributed by atoms with Crippen molar-refractivity contribution in [3.63, 3.8) is 0 Å². The first-order chi connectivity index (χ1) is 28.0. The lowest BCUT2D eigenvalue weighted by atomic mass is 9.55. The highest BCUT2D eigenvalue weighted by Gasteiger charge is 2.55. The zero-order chi connectivity index (χ0) is 42.8. The number of aliphatic hydroxyl groups excluding tert-OH is 3. The molecule has 2 heterocycles. The molecule has 326 valence electrons. The minimum absolute atomic E-state index is 0.108. The second-order valence-corrected chi connectivity index (χ2v) is 16.6. The zero-order valence-corrected chi connectivity index (χ0v) is 33.7. The SMILES string of the molecule is COC1C(O)C(OC2C(O)C(COC(=O)CCNC(=O)CCC(=O)Oc3ccc4c(c3)CC[C@@H]3[C@@H]4CC[C@]4(C)C(=O)CC[C@@H]34)OC(C)C2NC(C)=O)OC(C(=O)O)C1O. The first-order valence-electron chi connectivity index (χ1n) is 20.3. The minimum Gasteiger partial charge on any atom is -0.479 e. The molecule has 0 spiro atoms. The average Bonchev–Trinajstić information content (AvgIpc) is 3.50. The number of carboxylic acids is 1. The maximum Gasteiger partial charge on any atom is 0.335 e. The number of ketones is 1. The lowest BCUT2D eigenvalue weighted by Gasteiger charge is -2.48. The number of rotatable bonds is 14. The van der Waals surface area contributed by atoms with Gasteiger partial charge in [-0.05, 0) is 80.0 Å². The van der Waals surface area contributed by atoms with Gasteiger partial charge in [0.15, 0.2) is 12.4 Å². The molecule has 5 aliphatic rings. The van der Waals surface area contributed by atoms with E-state index in [9.17, 15) is 49.2 Å². The molecule has 2 amide bonds. The number of aliphatic hydroxyl groups is 3. The molecule has 1 aromatic rings. The van der Waals surface area contributed by atoms with Crippen molar-refractivity contribution in [2.75, 3.05) is 20.3 Å². The highest BCUT2D eigenvalue weighted by Crippen LogP contribution is 2.59. The van der Waals surface area contributed by atoms with E-state index < -0.39 is 97.5 Å². The molecule has 0 bridgehead atoms. The summed E-state index contributed by atoms with van der Waals surface area (Å²) in [6.45, 7) is 4.33. The van der Waals surface area contributed by atoms with E-state index >= 15 is 0 Å². The summed E-state index contributed by atoms with van der Waals surface area (Å²) in [4.78, 5) is 74.1. The van der Waals surface area contributed by atoms with Gasteiger partial charge in [-0.1, -0.05) is 13.0 Å². The topological polar surface area (TPSA) is 263 Å². The molecule has 2 saturated heterocycles. The smallest absolute Gasteiger partial charge is 0.335 e. The molecule has 4 fully saturated rings. The summed E-state index contributed by atoms with van der Waals surface area (Å²) < 4.78 is 33.0. The average molecular weight is 833 g/mol. The standard InChI is InChI=1S/C41H56N2O16/c1-19-32(43-20(2)44)36(58-40-35(51)37(54-4)34(50)38(59-40)39(52)53)33(49)27(56-19)18-55-30(47)14-16-42-29(46)11-12-31(48)57-22-6-8-23-21(17-22)5-7-25-24(23)13-15-41(3)26(25)9-10-28(41)45/h6,8,17,19,24-27,32-38,40,49-51H,5,7,9-16,18H2,1-4H3,(H,42,46)(H,43,44)(H,52,53)/t19?,24-,25-,26+,27?,32?,33?,34?,35?,36?,37?,38?,40?,41+/m1/s1. The van der Waals surface area contributed by atoms with Gasteiger partial charge >= 0.3 is 17.9 Å². The van der Waals surface area contributed by atoms with Crippen LogP contribution < -0.4 is 15.4 Å². The largest absolute Gasteiger partial charge is 0.479 e. The number of hydrogen-bond acceptors (Lipinski definition) is 15. The molecule has 18 heteroatoms. The lowest BCUT2D eigenvalue weighted by molar-refractivity contribution is -0.327. The van der Waals surface area contributed by atoms with Crippen molar-refractivity contribution in [1.82, 2.24) is 10.6 Å². The number of methoxy groups -OCH3 is 1. The molecule has 2 saturated carbocycles. The number of amides is 2. The van der Waals surface area contributed by atoms with Gasteiger partial charge in [-0.2, -0.15) is 0 Å². The second-order valence-electron chi connectivity index (χ2n) is 16.6. The maximum atomic E-state index is 12.6. The first kappa shape index (κ1) is 44.5. The van der Waals surface area contributed by atoms with Crippen LogP contribution in [0.25, 0.3) is 0 Å². The van der Waals surface area contributed by atoms with E-state index in [-0.39, 0.29) is 31.2 Å². The van der Waals surface area contributed by atoms with Crippen LogP contribution in [0.2, 0.25) is 0 Å². The van der Waals surface area contributed by atoms with Crippen LogP contribution in [0.5, 0.6) is 5.75 Å². The number of aryl methyl sites for hydroxylation is 1. The molecule has 1 aromatic carbocycles. The van der Waals surface area contributed by atoms with Gasteiger partial charge in [0.05, 0.1) is 25.0 Å². The number of esters is 2. The van der Waals surface area contributed by atoms with Crippen molar-refractivity contribution in [3.05, 3.63) is 29.3 Å². The van der Waals surface area contributed by atoms with Crippen molar-refractivity contribution < 1.29 is 77.6 Å². The molecule has 2 aliphatic heterocycles. The van der Waals surface area contributed by atoms with Crippen molar-refractivity contribution in [2.45, 2.75) is 146 Å². The highest BCUT2D eigenvalue weighted by molar-refractivity contribution is 5.87. The van der Waals surface area contributed by atoms with Gasteiger partial charge in [0.2, 0.25) is 11.8 Å². The van der Waals surface area contributed by atoms with E-state index in [1.165, 1.54) is 12.5 Å². The summed E-state index contributed by atoms with van der Waals surface area (Å²) in [5, 5.41) is 47.0. The van der Waals surface area contributed by atoms with Gasteiger partial charge in [0.25, 0.3) is 0 Å².